The number of carbonyl (C=O) groups excluding carboxylic acids is 1. The molecule has 2 atom stereocenters. The topological polar surface area (TPSA) is 76.4 Å². The van der Waals surface area contributed by atoms with Crippen LogP contribution in [-0.4, -0.2) is 29.9 Å². The largest absolute Gasteiger partial charge is 0.376 e. The summed E-state index contributed by atoms with van der Waals surface area (Å²) in [5.74, 6) is 0.604. The van der Waals surface area contributed by atoms with Gasteiger partial charge in [-0.2, -0.15) is 0 Å². The number of rotatable bonds is 3. The monoisotopic (exact) mass is 253 g/mol. The Kier molecular flexibility index (Phi) is 3.86. The molecule has 2 amide bonds. The van der Waals surface area contributed by atoms with Crippen molar-refractivity contribution in [2.24, 2.45) is 0 Å². The van der Waals surface area contributed by atoms with Crippen LogP contribution >= 0.6 is 0 Å². The summed E-state index contributed by atoms with van der Waals surface area (Å²) in [5.41, 5.74) is 1.31. The van der Waals surface area contributed by atoms with E-state index in [9.17, 15) is 4.79 Å². The third kappa shape index (κ3) is 2.81. The van der Waals surface area contributed by atoms with E-state index >= 15 is 0 Å². The van der Waals surface area contributed by atoms with Crippen LogP contribution in [-0.2, 0) is 4.74 Å². The minimum absolute atomic E-state index is 0.00651. The number of hydrogen-bond donors (Lipinski definition) is 2. The molecule has 100 valence electrons. The van der Waals surface area contributed by atoms with Crippen molar-refractivity contribution < 1.29 is 14.1 Å². The molecule has 2 heterocycles. The first-order valence-corrected chi connectivity index (χ1v) is 6.20. The molecule has 0 saturated carbocycles. The van der Waals surface area contributed by atoms with Crippen molar-refractivity contribution in [3.05, 3.63) is 11.5 Å². The van der Waals surface area contributed by atoms with Crippen LogP contribution in [0.25, 0.3) is 0 Å². The van der Waals surface area contributed by atoms with Gasteiger partial charge in [-0.05, 0) is 33.6 Å². The first-order chi connectivity index (χ1) is 8.58. The molecule has 18 heavy (non-hydrogen) atoms. The zero-order valence-corrected chi connectivity index (χ0v) is 10.9. The van der Waals surface area contributed by atoms with Crippen LogP contribution in [0.2, 0.25) is 0 Å². The van der Waals surface area contributed by atoms with Crippen molar-refractivity contribution in [3.63, 3.8) is 0 Å². The van der Waals surface area contributed by atoms with Gasteiger partial charge in [-0.25, -0.2) is 4.79 Å². The number of ether oxygens (including phenoxy) is 1. The smallest absolute Gasteiger partial charge is 0.319 e. The number of nitrogens with zero attached hydrogens (tertiary/aromatic N) is 1. The molecule has 6 heteroatoms. The molecule has 0 radical (unpaired) electrons. The van der Waals surface area contributed by atoms with Crippen molar-refractivity contribution in [2.45, 2.75) is 45.8 Å². The summed E-state index contributed by atoms with van der Waals surface area (Å²) in [7, 11) is 0. The predicted octanol–water partition coefficient (Wildman–Crippen LogP) is 1.98. The lowest BCUT2D eigenvalue weighted by Crippen LogP contribution is -2.43. The SMILES string of the molecule is Cc1noc(C)c1NC(=O)N[C@@H](C)[C@H]1CCCO1. The summed E-state index contributed by atoms with van der Waals surface area (Å²) in [6.07, 6.45) is 2.16. The Balaban J connectivity index is 1.88. The molecule has 1 saturated heterocycles. The number of carbonyl (C=O) groups is 1. The molecule has 0 unspecified atom stereocenters. The van der Waals surface area contributed by atoms with E-state index in [-0.39, 0.29) is 18.2 Å². The maximum atomic E-state index is 11.8. The highest BCUT2D eigenvalue weighted by atomic mass is 16.5. The molecule has 2 N–H and O–H groups in total. The molecular weight excluding hydrogens is 234 g/mol. The van der Waals surface area contributed by atoms with Crippen molar-refractivity contribution in [1.82, 2.24) is 10.5 Å². The van der Waals surface area contributed by atoms with Gasteiger partial charge in [-0.15, -0.1) is 0 Å². The van der Waals surface area contributed by atoms with E-state index in [1.165, 1.54) is 0 Å². The zero-order valence-electron chi connectivity index (χ0n) is 10.9. The number of hydrogen-bond acceptors (Lipinski definition) is 4. The molecule has 1 aromatic heterocycles. The van der Waals surface area contributed by atoms with Crippen LogP contribution in [0.1, 0.15) is 31.2 Å². The Labute approximate surface area is 106 Å². The van der Waals surface area contributed by atoms with Gasteiger partial charge >= 0.3 is 6.03 Å². The molecule has 1 aromatic rings. The molecular formula is C12H19N3O3. The highest BCUT2D eigenvalue weighted by molar-refractivity contribution is 5.90. The van der Waals surface area contributed by atoms with Crippen LogP contribution in [0.3, 0.4) is 0 Å². The lowest BCUT2D eigenvalue weighted by molar-refractivity contribution is 0.0868. The van der Waals surface area contributed by atoms with Gasteiger partial charge in [0.15, 0.2) is 5.76 Å². The number of urea groups is 1. The summed E-state index contributed by atoms with van der Waals surface area (Å²) in [6, 6.07) is -0.264. The fraction of sp³-hybridized carbons (Fsp3) is 0.667. The maximum absolute atomic E-state index is 11.8. The molecule has 0 spiro atoms. The van der Waals surface area contributed by atoms with Crippen molar-refractivity contribution in [1.29, 1.82) is 0 Å². The standard InChI is InChI=1S/C12H19N3O3/c1-7(10-5-4-6-17-10)13-12(16)14-11-8(2)15-18-9(11)3/h7,10H,4-6H2,1-3H3,(H2,13,14,16)/t7-,10+/m0/s1. The van der Waals surface area contributed by atoms with Crippen molar-refractivity contribution in [2.75, 3.05) is 11.9 Å². The van der Waals surface area contributed by atoms with Gasteiger partial charge in [-0.1, -0.05) is 5.16 Å². The van der Waals surface area contributed by atoms with Gasteiger partial charge in [0.1, 0.15) is 11.4 Å². The van der Waals surface area contributed by atoms with E-state index < -0.39 is 0 Å². The van der Waals surface area contributed by atoms with Crippen LogP contribution in [0.15, 0.2) is 4.52 Å². The molecule has 0 bridgehead atoms. The number of aryl methyl sites for hydroxylation is 2. The van der Waals surface area contributed by atoms with E-state index in [0.717, 1.165) is 19.4 Å². The summed E-state index contributed by atoms with van der Waals surface area (Å²) in [5, 5.41) is 9.40. The van der Waals surface area contributed by atoms with Gasteiger partial charge in [0.2, 0.25) is 0 Å². The quantitative estimate of drug-likeness (QED) is 0.863. The number of aromatic nitrogens is 1. The normalized spacial score (nSPS) is 20.7. The highest BCUT2D eigenvalue weighted by Crippen LogP contribution is 2.19. The minimum Gasteiger partial charge on any atom is -0.376 e. The second kappa shape index (κ2) is 5.39. The van der Waals surface area contributed by atoms with Gasteiger partial charge < -0.3 is 19.9 Å². The van der Waals surface area contributed by atoms with Crippen LogP contribution in [0, 0.1) is 13.8 Å². The van der Waals surface area contributed by atoms with Crippen molar-refractivity contribution >= 4 is 11.7 Å². The van der Waals surface area contributed by atoms with Crippen molar-refractivity contribution in [3.8, 4) is 0 Å². The number of amides is 2. The molecule has 1 aliphatic heterocycles. The molecule has 1 aliphatic rings. The van der Waals surface area contributed by atoms with E-state index in [1.807, 2.05) is 6.92 Å². The maximum Gasteiger partial charge on any atom is 0.319 e. The summed E-state index contributed by atoms with van der Waals surface area (Å²) in [4.78, 5) is 11.8. The Morgan fingerprint density at radius 2 is 2.28 bits per heavy atom. The van der Waals surface area contributed by atoms with Gasteiger partial charge in [0.25, 0.3) is 0 Å². The minimum atomic E-state index is -0.257. The fourth-order valence-corrected chi connectivity index (χ4v) is 2.11. The van der Waals surface area contributed by atoms with Crippen LogP contribution in [0.5, 0.6) is 0 Å². The lowest BCUT2D eigenvalue weighted by Gasteiger charge is -2.20. The average molecular weight is 253 g/mol. The van der Waals surface area contributed by atoms with Crippen LogP contribution < -0.4 is 10.6 Å². The Bertz CT molecular complexity index is 405. The molecule has 6 nitrogen and oxygen atoms in total. The van der Waals surface area contributed by atoms with Crippen LogP contribution in [0.4, 0.5) is 10.5 Å². The number of nitrogens with one attached hydrogen (secondary N) is 2. The van der Waals surface area contributed by atoms with E-state index in [0.29, 0.717) is 17.1 Å². The number of anilines is 1. The van der Waals surface area contributed by atoms with Gasteiger partial charge in [0.05, 0.1) is 12.1 Å². The molecule has 2 rings (SSSR count). The predicted molar refractivity (Wildman–Crippen MR) is 66.6 cm³/mol. The Hall–Kier alpha value is -1.56. The van der Waals surface area contributed by atoms with Gasteiger partial charge in [0, 0.05) is 6.61 Å². The highest BCUT2D eigenvalue weighted by Gasteiger charge is 2.24. The molecule has 1 fully saturated rings. The lowest BCUT2D eigenvalue weighted by atomic mass is 10.1. The average Bonchev–Trinajstić information content (AvgIpc) is 2.94. The fourth-order valence-electron chi connectivity index (χ4n) is 2.11. The summed E-state index contributed by atoms with van der Waals surface area (Å²) < 4.78 is 10.5. The summed E-state index contributed by atoms with van der Waals surface area (Å²) >= 11 is 0. The Morgan fingerprint density at radius 3 is 2.83 bits per heavy atom. The second-order valence-electron chi connectivity index (χ2n) is 4.64. The summed E-state index contributed by atoms with van der Waals surface area (Å²) in [6.45, 7) is 6.28. The third-order valence-corrected chi connectivity index (χ3v) is 3.15. The zero-order chi connectivity index (χ0) is 13.1. The Morgan fingerprint density at radius 1 is 1.50 bits per heavy atom. The second-order valence-corrected chi connectivity index (χ2v) is 4.64. The third-order valence-electron chi connectivity index (χ3n) is 3.15. The molecule has 0 aliphatic carbocycles. The first kappa shape index (κ1) is 12.9. The van der Waals surface area contributed by atoms with E-state index in [4.69, 9.17) is 9.26 Å². The van der Waals surface area contributed by atoms with E-state index in [2.05, 4.69) is 15.8 Å². The molecule has 0 aromatic carbocycles. The first-order valence-electron chi connectivity index (χ1n) is 6.20. The van der Waals surface area contributed by atoms with Gasteiger partial charge in [-0.3, -0.25) is 0 Å². The van der Waals surface area contributed by atoms with E-state index in [1.54, 1.807) is 13.8 Å².